The molecular weight excluding hydrogens is 258 g/mol. The minimum Gasteiger partial charge on any atom is -0.478 e. The maximum atomic E-state index is 10.9. The molecule has 1 aromatic heterocycles. The molecule has 0 atom stereocenters. The fraction of sp³-hybridized carbons (Fsp3) is 0.467. The lowest BCUT2D eigenvalue weighted by atomic mass is 9.90. The number of hydrogen-bond acceptors (Lipinski definition) is 4. The van der Waals surface area contributed by atoms with E-state index < -0.39 is 5.97 Å². The molecular formula is C15H17NO4. The van der Waals surface area contributed by atoms with Crippen LogP contribution in [0.4, 0.5) is 0 Å². The fourth-order valence-electron chi connectivity index (χ4n) is 2.64. The van der Waals surface area contributed by atoms with Crippen LogP contribution in [0.5, 0.6) is 6.08 Å². The van der Waals surface area contributed by atoms with Crippen LogP contribution in [0.25, 0.3) is 11.1 Å². The van der Waals surface area contributed by atoms with Gasteiger partial charge in [0.15, 0.2) is 5.58 Å². The Morgan fingerprint density at radius 2 is 2.15 bits per heavy atom. The largest absolute Gasteiger partial charge is 0.478 e. The molecule has 5 nitrogen and oxygen atoms in total. The Morgan fingerprint density at radius 3 is 2.90 bits per heavy atom. The van der Waals surface area contributed by atoms with E-state index in [1.807, 2.05) is 0 Å². The molecule has 0 spiro atoms. The van der Waals surface area contributed by atoms with Gasteiger partial charge < -0.3 is 14.3 Å². The minimum absolute atomic E-state index is 0.187. The SMILES string of the molecule is O=C(O)c1ccc2nc(OCC3CCCCC3)oc2c1. The minimum atomic E-state index is -0.979. The van der Waals surface area contributed by atoms with Crippen molar-refractivity contribution in [3.8, 4) is 6.08 Å². The molecule has 0 aliphatic heterocycles. The molecule has 2 aromatic rings. The van der Waals surface area contributed by atoms with Crippen LogP contribution >= 0.6 is 0 Å². The predicted octanol–water partition coefficient (Wildman–Crippen LogP) is 3.49. The molecule has 0 amide bonds. The standard InChI is InChI=1S/C15H17NO4/c17-14(18)11-6-7-12-13(8-11)20-15(16-12)19-9-10-4-2-1-3-5-10/h6-8,10H,1-5,9H2,(H,17,18). The molecule has 1 aliphatic rings. The predicted molar refractivity (Wildman–Crippen MR) is 73.0 cm³/mol. The Hall–Kier alpha value is -2.04. The van der Waals surface area contributed by atoms with E-state index in [1.165, 1.54) is 44.2 Å². The molecule has 106 valence electrons. The number of carboxylic acids is 1. The van der Waals surface area contributed by atoms with Crippen molar-refractivity contribution in [2.24, 2.45) is 5.92 Å². The highest BCUT2D eigenvalue weighted by Crippen LogP contribution is 2.26. The first-order valence-electron chi connectivity index (χ1n) is 6.99. The Bertz CT molecular complexity index is 613. The Kier molecular flexibility index (Phi) is 3.58. The summed E-state index contributed by atoms with van der Waals surface area (Å²) < 4.78 is 11.1. The third-order valence-electron chi connectivity index (χ3n) is 3.78. The second kappa shape index (κ2) is 5.53. The molecule has 0 radical (unpaired) electrons. The van der Waals surface area contributed by atoms with Crippen LogP contribution in [0.15, 0.2) is 22.6 Å². The number of rotatable bonds is 4. The van der Waals surface area contributed by atoms with E-state index in [4.69, 9.17) is 14.3 Å². The van der Waals surface area contributed by atoms with Crippen LogP contribution < -0.4 is 4.74 Å². The van der Waals surface area contributed by atoms with Crippen molar-refractivity contribution in [2.45, 2.75) is 32.1 Å². The van der Waals surface area contributed by atoms with E-state index in [1.54, 1.807) is 6.07 Å². The van der Waals surface area contributed by atoms with Gasteiger partial charge in [-0.25, -0.2) is 4.79 Å². The number of aromatic carboxylic acids is 1. The van der Waals surface area contributed by atoms with Gasteiger partial charge in [-0.15, -0.1) is 0 Å². The van der Waals surface area contributed by atoms with Crippen molar-refractivity contribution in [1.82, 2.24) is 4.98 Å². The second-order valence-electron chi connectivity index (χ2n) is 5.28. The van der Waals surface area contributed by atoms with E-state index in [9.17, 15) is 4.79 Å². The summed E-state index contributed by atoms with van der Waals surface area (Å²) in [4.78, 5) is 15.1. The van der Waals surface area contributed by atoms with Crippen molar-refractivity contribution in [2.75, 3.05) is 6.61 Å². The highest BCUT2D eigenvalue weighted by atomic mass is 16.6. The average molecular weight is 275 g/mol. The van der Waals surface area contributed by atoms with Crippen molar-refractivity contribution in [1.29, 1.82) is 0 Å². The van der Waals surface area contributed by atoms with Gasteiger partial charge in [-0.1, -0.05) is 19.3 Å². The Balaban J connectivity index is 1.70. The summed E-state index contributed by atoms with van der Waals surface area (Å²) >= 11 is 0. The van der Waals surface area contributed by atoms with Gasteiger partial charge in [0.25, 0.3) is 0 Å². The van der Waals surface area contributed by atoms with Crippen LogP contribution in [0, 0.1) is 5.92 Å². The molecule has 3 rings (SSSR count). The summed E-state index contributed by atoms with van der Waals surface area (Å²) in [5.41, 5.74) is 1.25. The molecule has 0 unspecified atom stereocenters. The maximum Gasteiger partial charge on any atom is 0.394 e. The first-order valence-corrected chi connectivity index (χ1v) is 6.99. The summed E-state index contributed by atoms with van der Waals surface area (Å²) in [6.45, 7) is 0.624. The maximum absolute atomic E-state index is 10.9. The van der Waals surface area contributed by atoms with Crippen molar-refractivity contribution in [3.05, 3.63) is 23.8 Å². The number of ether oxygens (including phenoxy) is 1. The van der Waals surface area contributed by atoms with E-state index >= 15 is 0 Å². The molecule has 1 fully saturated rings. The van der Waals surface area contributed by atoms with Gasteiger partial charge in [-0.3, -0.25) is 0 Å². The number of carboxylic acid groups (broad SMARTS) is 1. The topological polar surface area (TPSA) is 72.6 Å². The zero-order chi connectivity index (χ0) is 13.9. The first-order chi connectivity index (χ1) is 9.72. The van der Waals surface area contributed by atoms with Crippen LogP contribution in [0.3, 0.4) is 0 Å². The molecule has 20 heavy (non-hydrogen) atoms. The molecule has 0 bridgehead atoms. The average Bonchev–Trinajstić information content (AvgIpc) is 2.88. The monoisotopic (exact) mass is 275 g/mol. The van der Waals surface area contributed by atoms with Gasteiger partial charge >= 0.3 is 12.0 Å². The summed E-state index contributed by atoms with van der Waals surface area (Å²) in [5, 5.41) is 8.93. The van der Waals surface area contributed by atoms with Gasteiger partial charge in [0.05, 0.1) is 12.2 Å². The van der Waals surface area contributed by atoms with Crippen molar-refractivity contribution in [3.63, 3.8) is 0 Å². The number of fused-ring (bicyclic) bond motifs is 1. The quantitative estimate of drug-likeness (QED) is 0.924. The van der Waals surface area contributed by atoms with Crippen LogP contribution in [0.1, 0.15) is 42.5 Å². The Morgan fingerprint density at radius 1 is 1.35 bits per heavy atom. The zero-order valence-corrected chi connectivity index (χ0v) is 11.2. The number of benzene rings is 1. The lowest BCUT2D eigenvalue weighted by Gasteiger charge is -2.20. The molecule has 1 aromatic carbocycles. The van der Waals surface area contributed by atoms with Crippen LogP contribution in [-0.2, 0) is 0 Å². The third kappa shape index (κ3) is 2.76. The van der Waals surface area contributed by atoms with Gasteiger partial charge in [0, 0.05) is 0 Å². The third-order valence-corrected chi connectivity index (χ3v) is 3.78. The lowest BCUT2D eigenvalue weighted by Crippen LogP contribution is -2.15. The molecule has 1 aliphatic carbocycles. The molecule has 1 saturated carbocycles. The molecule has 0 saturated heterocycles. The number of oxazole rings is 1. The number of carbonyl (C=O) groups is 1. The number of hydrogen-bond donors (Lipinski definition) is 1. The zero-order valence-electron chi connectivity index (χ0n) is 11.2. The first kappa shape index (κ1) is 13.0. The van der Waals surface area contributed by atoms with Gasteiger partial charge in [0.1, 0.15) is 5.52 Å². The van der Waals surface area contributed by atoms with Gasteiger partial charge in [0.2, 0.25) is 0 Å². The van der Waals surface area contributed by atoms with E-state index in [2.05, 4.69) is 4.98 Å². The molecule has 1 N–H and O–H groups in total. The Labute approximate surface area is 116 Å². The summed E-state index contributed by atoms with van der Waals surface area (Å²) in [6.07, 6.45) is 6.48. The van der Waals surface area contributed by atoms with E-state index in [0.717, 1.165) is 0 Å². The fourth-order valence-corrected chi connectivity index (χ4v) is 2.64. The normalized spacial score (nSPS) is 16.4. The van der Waals surface area contributed by atoms with E-state index in [0.29, 0.717) is 23.6 Å². The van der Waals surface area contributed by atoms with Crippen molar-refractivity contribution >= 4 is 17.1 Å². The summed E-state index contributed by atoms with van der Waals surface area (Å²) in [5.74, 6) is -0.402. The second-order valence-corrected chi connectivity index (χ2v) is 5.28. The lowest BCUT2D eigenvalue weighted by molar-refractivity contribution is 0.0697. The van der Waals surface area contributed by atoms with Gasteiger partial charge in [-0.05, 0) is 37.0 Å². The van der Waals surface area contributed by atoms with E-state index in [-0.39, 0.29) is 11.6 Å². The highest BCUT2D eigenvalue weighted by Gasteiger charge is 2.16. The van der Waals surface area contributed by atoms with Crippen LogP contribution in [-0.4, -0.2) is 22.7 Å². The molecule has 1 heterocycles. The summed E-state index contributed by atoms with van der Waals surface area (Å²) in [7, 11) is 0. The van der Waals surface area contributed by atoms with Crippen LogP contribution in [0.2, 0.25) is 0 Å². The highest BCUT2D eigenvalue weighted by molar-refractivity contribution is 5.91. The number of nitrogens with zero attached hydrogens (tertiary/aromatic N) is 1. The van der Waals surface area contributed by atoms with Gasteiger partial charge in [-0.2, -0.15) is 4.98 Å². The number of aromatic nitrogens is 1. The smallest absolute Gasteiger partial charge is 0.394 e. The van der Waals surface area contributed by atoms with Crippen molar-refractivity contribution < 1.29 is 19.1 Å². The summed E-state index contributed by atoms with van der Waals surface area (Å²) in [6, 6.07) is 4.62. The molecule has 5 heteroatoms.